The second-order valence-electron chi connectivity index (χ2n) is 6.37. The quantitative estimate of drug-likeness (QED) is 0.787. The third-order valence-electron chi connectivity index (χ3n) is 4.59. The third kappa shape index (κ3) is 3.01. The highest BCUT2D eigenvalue weighted by molar-refractivity contribution is 6.00. The van der Waals surface area contributed by atoms with E-state index in [2.05, 4.69) is 5.32 Å². The predicted molar refractivity (Wildman–Crippen MR) is 99.1 cm³/mol. The molecule has 0 saturated heterocycles. The summed E-state index contributed by atoms with van der Waals surface area (Å²) in [5, 5.41) is 3.66. The Morgan fingerprint density at radius 3 is 2.73 bits per heavy atom. The van der Waals surface area contributed by atoms with Gasteiger partial charge >= 0.3 is 6.09 Å². The number of aromatic nitrogens is 1. The number of ether oxygens (including phenoxy) is 1. The van der Waals surface area contributed by atoms with Gasteiger partial charge in [-0.2, -0.15) is 0 Å². The highest BCUT2D eigenvalue weighted by Gasteiger charge is 2.23. The molecule has 2 heterocycles. The molecule has 2 amide bonds. The second-order valence-corrected chi connectivity index (χ2v) is 6.37. The van der Waals surface area contributed by atoms with Crippen LogP contribution < -0.4 is 5.32 Å². The van der Waals surface area contributed by atoms with Crippen molar-refractivity contribution in [1.82, 2.24) is 9.47 Å². The van der Waals surface area contributed by atoms with Crippen molar-refractivity contribution in [1.29, 1.82) is 0 Å². The van der Waals surface area contributed by atoms with Crippen LogP contribution in [0.1, 0.15) is 16.1 Å². The summed E-state index contributed by atoms with van der Waals surface area (Å²) in [5.41, 5.74) is 3.24. The molecule has 1 aliphatic rings. The fourth-order valence-corrected chi connectivity index (χ4v) is 3.19. The number of anilines is 1. The normalized spacial score (nSPS) is 13.6. The molecule has 6 nitrogen and oxygen atoms in total. The van der Waals surface area contributed by atoms with Gasteiger partial charge in [-0.3, -0.25) is 10.1 Å². The average Bonchev–Trinajstić information content (AvgIpc) is 3.02. The van der Waals surface area contributed by atoms with Crippen molar-refractivity contribution < 1.29 is 14.3 Å². The van der Waals surface area contributed by atoms with Crippen LogP contribution in [-0.4, -0.2) is 35.1 Å². The molecular formula is C20H19N3O3. The smallest absolute Gasteiger partial charge is 0.411 e. The standard InChI is InChI=1S/C20H19N3O3/c1-22-9-10-23-17-8-7-16(11-15(17)12-18(23)19(22)24)21-20(25)26-13-14-5-3-2-4-6-14/h2-8,11-12H,9-10,13H2,1H3,(H,21,25). The minimum absolute atomic E-state index is 0.0178. The zero-order valence-corrected chi connectivity index (χ0v) is 14.4. The van der Waals surface area contributed by atoms with E-state index in [9.17, 15) is 9.59 Å². The van der Waals surface area contributed by atoms with Gasteiger partial charge in [0.2, 0.25) is 0 Å². The van der Waals surface area contributed by atoms with Gasteiger partial charge in [0.15, 0.2) is 0 Å². The summed E-state index contributed by atoms with van der Waals surface area (Å²) in [4.78, 5) is 26.0. The molecule has 0 unspecified atom stereocenters. The zero-order chi connectivity index (χ0) is 18.1. The number of carbonyl (C=O) groups excluding carboxylic acids is 2. The van der Waals surface area contributed by atoms with Crippen LogP contribution in [0.25, 0.3) is 10.9 Å². The van der Waals surface area contributed by atoms with E-state index in [4.69, 9.17) is 4.74 Å². The molecule has 26 heavy (non-hydrogen) atoms. The van der Waals surface area contributed by atoms with E-state index < -0.39 is 6.09 Å². The monoisotopic (exact) mass is 349 g/mol. The number of likely N-dealkylation sites (N-methyl/N-ethyl adjacent to an activating group) is 1. The lowest BCUT2D eigenvalue weighted by molar-refractivity contribution is 0.0751. The maximum atomic E-state index is 12.3. The van der Waals surface area contributed by atoms with Crippen LogP contribution in [0.4, 0.5) is 10.5 Å². The summed E-state index contributed by atoms with van der Waals surface area (Å²) in [5.74, 6) is 0.0178. The van der Waals surface area contributed by atoms with Crippen molar-refractivity contribution in [2.24, 2.45) is 0 Å². The van der Waals surface area contributed by atoms with Gasteiger partial charge in [0, 0.05) is 36.7 Å². The van der Waals surface area contributed by atoms with Crippen molar-refractivity contribution in [3.63, 3.8) is 0 Å². The summed E-state index contributed by atoms with van der Waals surface area (Å²) < 4.78 is 7.26. The Balaban J connectivity index is 1.49. The number of rotatable bonds is 3. The lowest BCUT2D eigenvalue weighted by atomic mass is 10.2. The Bertz CT molecular complexity index is 979. The van der Waals surface area contributed by atoms with Crippen LogP contribution >= 0.6 is 0 Å². The van der Waals surface area contributed by atoms with E-state index in [1.807, 2.05) is 59.2 Å². The molecule has 0 spiro atoms. The van der Waals surface area contributed by atoms with Crippen LogP contribution in [0, 0.1) is 0 Å². The number of hydrogen-bond donors (Lipinski definition) is 1. The van der Waals surface area contributed by atoms with E-state index in [0.717, 1.165) is 23.0 Å². The highest BCUT2D eigenvalue weighted by Crippen LogP contribution is 2.26. The Morgan fingerprint density at radius 1 is 1.12 bits per heavy atom. The molecule has 2 aromatic carbocycles. The van der Waals surface area contributed by atoms with Crippen LogP contribution in [-0.2, 0) is 17.9 Å². The molecule has 0 radical (unpaired) electrons. The molecule has 4 rings (SSSR count). The van der Waals surface area contributed by atoms with Gasteiger partial charge < -0.3 is 14.2 Å². The summed E-state index contributed by atoms with van der Waals surface area (Å²) in [6.07, 6.45) is -0.506. The van der Waals surface area contributed by atoms with Crippen LogP contribution in [0.2, 0.25) is 0 Å². The van der Waals surface area contributed by atoms with Crippen molar-refractivity contribution in [2.45, 2.75) is 13.2 Å². The largest absolute Gasteiger partial charge is 0.444 e. The molecule has 0 bridgehead atoms. The second kappa shape index (κ2) is 6.55. The van der Waals surface area contributed by atoms with E-state index in [1.165, 1.54) is 0 Å². The van der Waals surface area contributed by atoms with Crippen molar-refractivity contribution >= 4 is 28.6 Å². The molecule has 0 atom stereocenters. The van der Waals surface area contributed by atoms with Crippen molar-refractivity contribution in [2.75, 3.05) is 18.9 Å². The maximum absolute atomic E-state index is 12.3. The van der Waals surface area contributed by atoms with Gasteiger partial charge in [-0.05, 0) is 29.8 Å². The molecule has 0 saturated carbocycles. The molecule has 1 N–H and O–H groups in total. The minimum atomic E-state index is -0.506. The first kappa shape index (κ1) is 16.2. The maximum Gasteiger partial charge on any atom is 0.411 e. The number of hydrogen-bond acceptors (Lipinski definition) is 3. The summed E-state index contributed by atoms with van der Waals surface area (Å²) in [6, 6.07) is 17.0. The summed E-state index contributed by atoms with van der Waals surface area (Å²) in [7, 11) is 1.80. The highest BCUT2D eigenvalue weighted by atomic mass is 16.5. The van der Waals surface area contributed by atoms with Crippen LogP contribution in [0.5, 0.6) is 0 Å². The lowest BCUT2D eigenvalue weighted by Crippen LogP contribution is -2.36. The fraction of sp³-hybridized carbons (Fsp3) is 0.200. The number of fused-ring (bicyclic) bond motifs is 3. The molecule has 1 aromatic heterocycles. The van der Waals surface area contributed by atoms with Gasteiger partial charge in [0.05, 0.1) is 0 Å². The SMILES string of the molecule is CN1CCn2c(cc3cc(NC(=O)OCc4ccccc4)ccc32)C1=O. The molecule has 0 fully saturated rings. The number of nitrogens with one attached hydrogen (secondary N) is 1. The number of nitrogens with zero attached hydrogens (tertiary/aromatic N) is 2. The van der Waals surface area contributed by atoms with E-state index in [-0.39, 0.29) is 12.5 Å². The topological polar surface area (TPSA) is 63.6 Å². The van der Waals surface area contributed by atoms with Crippen LogP contribution in [0.15, 0.2) is 54.6 Å². The zero-order valence-electron chi connectivity index (χ0n) is 14.4. The molecule has 3 aromatic rings. The number of amides is 2. The van der Waals surface area contributed by atoms with Crippen LogP contribution in [0.3, 0.4) is 0 Å². The molecule has 1 aliphatic heterocycles. The number of carbonyl (C=O) groups is 2. The third-order valence-corrected chi connectivity index (χ3v) is 4.59. The summed E-state index contributed by atoms with van der Waals surface area (Å²) >= 11 is 0. The van der Waals surface area contributed by atoms with Gasteiger partial charge in [-0.15, -0.1) is 0 Å². The molecule has 132 valence electrons. The first-order valence-electron chi connectivity index (χ1n) is 8.48. The molecule has 6 heteroatoms. The van der Waals surface area contributed by atoms with Gasteiger partial charge in [0.1, 0.15) is 12.3 Å². The predicted octanol–water partition coefficient (Wildman–Crippen LogP) is 3.48. The van der Waals surface area contributed by atoms with E-state index in [0.29, 0.717) is 17.9 Å². The minimum Gasteiger partial charge on any atom is -0.444 e. The average molecular weight is 349 g/mol. The van der Waals surface area contributed by atoms with Crippen molar-refractivity contribution in [3.05, 3.63) is 65.9 Å². The fourth-order valence-electron chi connectivity index (χ4n) is 3.19. The first-order valence-corrected chi connectivity index (χ1v) is 8.48. The Hall–Kier alpha value is -3.28. The van der Waals surface area contributed by atoms with E-state index >= 15 is 0 Å². The Morgan fingerprint density at radius 2 is 1.92 bits per heavy atom. The summed E-state index contributed by atoms with van der Waals surface area (Å²) in [6.45, 7) is 1.69. The van der Waals surface area contributed by atoms with Crippen molar-refractivity contribution in [3.8, 4) is 0 Å². The molecule has 0 aliphatic carbocycles. The van der Waals surface area contributed by atoms with Gasteiger partial charge in [-0.1, -0.05) is 30.3 Å². The Kier molecular flexibility index (Phi) is 4.08. The Labute approximate surface area is 151 Å². The van der Waals surface area contributed by atoms with Gasteiger partial charge in [-0.25, -0.2) is 4.79 Å². The molecular weight excluding hydrogens is 330 g/mol. The lowest BCUT2D eigenvalue weighted by Gasteiger charge is -2.24. The van der Waals surface area contributed by atoms with E-state index in [1.54, 1.807) is 11.9 Å². The first-order chi connectivity index (χ1) is 12.6. The van der Waals surface area contributed by atoms with Gasteiger partial charge in [0.25, 0.3) is 5.91 Å². The number of benzene rings is 2.